The molecule has 0 fully saturated rings. The number of methoxy groups -OCH3 is 2. The summed E-state index contributed by atoms with van der Waals surface area (Å²) in [6, 6.07) is 14.0. The lowest BCUT2D eigenvalue weighted by atomic mass is 10.00. The number of nitrogens with one attached hydrogen (secondary N) is 1. The molecule has 0 spiro atoms. The van der Waals surface area contributed by atoms with Gasteiger partial charge in [-0.1, -0.05) is 42.5 Å². The number of hydrogen-bond donors (Lipinski definition) is 1. The number of fused-ring (bicyclic) bond motifs is 1. The normalized spacial score (nSPS) is 12.2. The Kier molecular flexibility index (Phi) is 7.56. The van der Waals surface area contributed by atoms with E-state index >= 15 is 0 Å². The lowest BCUT2D eigenvalue weighted by Crippen LogP contribution is -2.42. The summed E-state index contributed by atoms with van der Waals surface area (Å²) in [7, 11) is 2.92. The van der Waals surface area contributed by atoms with E-state index in [4.69, 9.17) is 4.74 Å². The maximum Gasteiger partial charge on any atom is 0.319 e. The zero-order valence-electron chi connectivity index (χ0n) is 15.5. The number of benzene rings is 2. The van der Waals surface area contributed by atoms with Gasteiger partial charge in [0.05, 0.1) is 32.8 Å². The van der Waals surface area contributed by atoms with Crippen LogP contribution < -0.4 is 5.32 Å². The first-order chi connectivity index (χ1) is 12.5. The Morgan fingerprint density at radius 3 is 2.54 bits per heavy atom. The van der Waals surface area contributed by atoms with Crippen LogP contribution in [-0.2, 0) is 19.1 Å². The lowest BCUT2D eigenvalue weighted by Gasteiger charge is -2.22. The standard InChI is InChI=1S/C20H26N2O4/c1-15(17-10-6-8-16-7-4-5-9-18(16)17)21-19(23)13-22(11-12-25-2)14-20(24)26-3/h4-10,15H,11-14H2,1-3H3,(H,21,23). The topological polar surface area (TPSA) is 67.9 Å². The molecule has 0 aliphatic carbocycles. The van der Waals surface area contributed by atoms with E-state index in [2.05, 4.69) is 28.3 Å². The van der Waals surface area contributed by atoms with Crippen molar-refractivity contribution in [1.82, 2.24) is 10.2 Å². The second-order valence-electron chi connectivity index (χ2n) is 6.14. The molecular weight excluding hydrogens is 332 g/mol. The van der Waals surface area contributed by atoms with Crippen molar-refractivity contribution in [3.8, 4) is 0 Å². The summed E-state index contributed by atoms with van der Waals surface area (Å²) in [6.45, 7) is 3.02. The summed E-state index contributed by atoms with van der Waals surface area (Å²) in [6.07, 6.45) is 0. The lowest BCUT2D eigenvalue weighted by molar-refractivity contribution is -0.142. The summed E-state index contributed by atoms with van der Waals surface area (Å²) in [4.78, 5) is 25.7. The predicted molar refractivity (Wildman–Crippen MR) is 101 cm³/mol. The molecule has 6 nitrogen and oxygen atoms in total. The molecule has 0 radical (unpaired) electrons. The summed E-state index contributed by atoms with van der Waals surface area (Å²) < 4.78 is 9.73. The number of esters is 1. The first-order valence-corrected chi connectivity index (χ1v) is 8.60. The molecule has 0 aromatic heterocycles. The van der Waals surface area contributed by atoms with Gasteiger partial charge in [0, 0.05) is 13.7 Å². The minimum atomic E-state index is -0.379. The molecule has 0 saturated heterocycles. The molecule has 2 aromatic rings. The van der Waals surface area contributed by atoms with Crippen LogP contribution in [0, 0.1) is 0 Å². The molecule has 1 N–H and O–H groups in total. The fourth-order valence-corrected chi connectivity index (χ4v) is 2.88. The van der Waals surface area contributed by atoms with Gasteiger partial charge < -0.3 is 14.8 Å². The molecule has 2 rings (SSSR count). The zero-order chi connectivity index (χ0) is 18.9. The van der Waals surface area contributed by atoms with Gasteiger partial charge in [0.2, 0.25) is 5.91 Å². The van der Waals surface area contributed by atoms with E-state index in [1.54, 1.807) is 12.0 Å². The highest BCUT2D eigenvalue weighted by Crippen LogP contribution is 2.23. The molecule has 0 saturated carbocycles. The number of hydrogen-bond acceptors (Lipinski definition) is 5. The number of amides is 1. The van der Waals surface area contributed by atoms with Gasteiger partial charge in [-0.15, -0.1) is 0 Å². The average molecular weight is 358 g/mol. The third kappa shape index (κ3) is 5.54. The summed E-state index contributed by atoms with van der Waals surface area (Å²) in [5, 5.41) is 5.27. The quantitative estimate of drug-likeness (QED) is 0.696. The Morgan fingerprint density at radius 1 is 1.08 bits per heavy atom. The van der Waals surface area contributed by atoms with Crippen molar-refractivity contribution < 1.29 is 19.1 Å². The average Bonchev–Trinajstić information content (AvgIpc) is 2.65. The molecule has 0 bridgehead atoms. The Labute approximate surface area is 154 Å². The van der Waals surface area contributed by atoms with Crippen LogP contribution in [0.1, 0.15) is 18.5 Å². The van der Waals surface area contributed by atoms with Gasteiger partial charge in [0.25, 0.3) is 0 Å². The molecular formula is C20H26N2O4. The molecule has 1 atom stereocenters. The maximum absolute atomic E-state index is 12.5. The van der Waals surface area contributed by atoms with E-state index in [1.807, 2.05) is 31.2 Å². The summed E-state index contributed by atoms with van der Waals surface area (Å²) in [5.41, 5.74) is 1.06. The van der Waals surface area contributed by atoms with E-state index in [1.165, 1.54) is 7.11 Å². The number of rotatable bonds is 9. The Morgan fingerprint density at radius 2 is 1.81 bits per heavy atom. The third-order valence-corrected chi connectivity index (χ3v) is 4.23. The van der Waals surface area contributed by atoms with Crippen molar-refractivity contribution in [2.75, 3.05) is 40.5 Å². The molecule has 0 aliphatic rings. The molecule has 140 valence electrons. The largest absolute Gasteiger partial charge is 0.468 e. The smallest absolute Gasteiger partial charge is 0.319 e. The van der Waals surface area contributed by atoms with Crippen LogP contribution in [0.4, 0.5) is 0 Å². The van der Waals surface area contributed by atoms with Gasteiger partial charge in [-0.2, -0.15) is 0 Å². The zero-order valence-corrected chi connectivity index (χ0v) is 15.5. The van der Waals surface area contributed by atoms with E-state index < -0.39 is 0 Å². The number of carbonyl (C=O) groups excluding carboxylic acids is 2. The fourth-order valence-electron chi connectivity index (χ4n) is 2.88. The number of ether oxygens (including phenoxy) is 2. The molecule has 1 amide bonds. The first kappa shape index (κ1) is 19.9. The van der Waals surface area contributed by atoms with Crippen LogP contribution in [0.25, 0.3) is 10.8 Å². The summed E-state index contributed by atoms with van der Waals surface area (Å²) >= 11 is 0. The van der Waals surface area contributed by atoms with Gasteiger partial charge in [-0.05, 0) is 23.3 Å². The second kappa shape index (κ2) is 9.89. The van der Waals surface area contributed by atoms with Crippen LogP contribution in [0.2, 0.25) is 0 Å². The number of carbonyl (C=O) groups is 2. The highest BCUT2D eigenvalue weighted by molar-refractivity contribution is 5.87. The van der Waals surface area contributed by atoms with Gasteiger partial charge >= 0.3 is 5.97 Å². The molecule has 26 heavy (non-hydrogen) atoms. The van der Waals surface area contributed by atoms with E-state index in [-0.39, 0.29) is 31.0 Å². The molecule has 0 heterocycles. The van der Waals surface area contributed by atoms with Gasteiger partial charge in [-0.3, -0.25) is 14.5 Å². The van der Waals surface area contributed by atoms with Crippen LogP contribution >= 0.6 is 0 Å². The Hall–Kier alpha value is -2.44. The predicted octanol–water partition coefficient (Wildman–Crippen LogP) is 2.14. The Bertz CT molecular complexity index is 742. The Balaban J connectivity index is 2.03. The van der Waals surface area contributed by atoms with Crippen molar-refractivity contribution in [2.24, 2.45) is 0 Å². The molecule has 6 heteroatoms. The van der Waals surface area contributed by atoms with Crippen molar-refractivity contribution in [3.63, 3.8) is 0 Å². The van der Waals surface area contributed by atoms with Crippen LogP contribution in [0.3, 0.4) is 0 Å². The van der Waals surface area contributed by atoms with Crippen LogP contribution in [-0.4, -0.2) is 57.2 Å². The van der Waals surface area contributed by atoms with Crippen LogP contribution in [0.5, 0.6) is 0 Å². The molecule has 0 aliphatic heterocycles. The SMILES string of the molecule is COCCN(CC(=O)NC(C)c1cccc2ccccc12)CC(=O)OC. The van der Waals surface area contributed by atoms with Crippen LogP contribution in [0.15, 0.2) is 42.5 Å². The minimum Gasteiger partial charge on any atom is -0.468 e. The number of nitrogens with zero attached hydrogens (tertiary/aromatic N) is 1. The van der Waals surface area contributed by atoms with Crippen molar-refractivity contribution in [3.05, 3.63) is 48.0 Å². The van der Waals surface area contributed by atoms with Crippen molar-refractivity contribution in [1.29, 1.82) is 0 Å². The third-order valence-electron chi connectivity index (χ3n) is 4.23. The van der Waals surface area contributed by atoms with E-state index in [9.17, 15) is 9.59 Å². The fraction of sp³-hybridized carbons (Fsp3) is 0.400. The van der Waals surface area contributed by atoms with Gasteiger partial charge in [0.1, 0.15) is 0 Å². The van der Waals surface area contributed by atoms with E-state index in [0.717, 1.165) is 16.3 Å². The first-order valence-electron chi connectivity index (χ1n) is 8.60. The highest BCUT2D eigenvalue weighted by Gasteiger charge is 2.17. The molecule has 2 aromatic carbocycles. The minimum absolute atomic E-state index is 0.0515. The van der Waals surface area contributed by atoms with Crippen molar-refractivity contribution >= 4 is 22.6 Å². The monoisotopic (exact) mass is 358 g/mol. The van der Waals surface area contributed by atoms with Gasteiger partial charge in [0.15, 0.2) is 0 Å². The second-order valence-corrected chi connectivity index (χ2v) is 6.14. The van der Waals surface area contributed by atoms with Gasteiger partial charge in [-0.25, -0.2) is 0 Å². The van der Waals surface area contributed by atoms with Crippen molar-refractivity contribution in [2.45, 2.75) is 13.0 Å². The highest BCUT2D eigenvalue weighted by atomic mass is 16.5. The summed E-state index contributed by atoms with van der Waals surface area (Å²) in [5.74, 6) is -0.526. The van der Waals surface area contributed by atoms with E-state index in [0.29, 0.717) is 13.2 Å². The maximum atomic E-state index is 12.5. The molecule has 1 unspecified atom stereocenters.